The number of methoxy groups -OCH3 is 1. The van der Waals surface area contributed by atoms with Gasteiger partial charge in [0.05, 0.1) is 36.0 Å². The first kappa shape index (κ1) is 33.1. The minimum atomic E-state index is -1.12. The number of carbonyl (C=O) groups is 2. The summed E-state index contributed by atoms with van der Waals surface area (Å²) in [4.78, 5) is 24.6. The van der Waals surface area contributed by atoms with Crippen LogP contribution in [-0.4, -0.2) is 49.9 Å². The number of ether oxygens (including phenoxy) is 4. The van der Waals surface area contributed by atoms with E-state index in [2.05, 4.69) is 59.7 Å². The van der Waals surface area contributed by atoms with Gasteiger partial charge in [0, 0.05) is 9.27 Å². The zero-order chi connectivity index (χ0) is 31.6. The number of nitrogens with one attached hydrogen (secondary N) is 3. The molecule has 0 aliphatic carbocycles. The Morgan fingerprint density at radius 3 is 2.55 bits per heavy atom. The Hall–Kier alpha value is -3.82. The van der Waals surface area contributed by atoms with Crippen molar-refractivity contribution in [2.75, 3.05) is 20.3 Å². The summed E-state index contributed by atoms with van der Waals surface area (Å²) in [6.07, 6.45) is 0.444. The van der Waals surface area contributed by atoms with Crippen LogP contribution in [0.5, 0.6) is 17.2 Å². The lowest BCUT2D eigenvalue weighted by Crippen LogP contribution is -2.45. The molecule has 1 aliphatic rings. The number of rotatable bonds is 13. The summed E-state index contributed by atoms with van der Waals surface area (Å²) >= 11 is 5.80. The van der Waals surface area contributed by atoms with E-state index < -0.39 is 24.3 Å². The number of amides is 2. The fourth-order valence-electron chi connectivity index (χ4n) is 4.28. The third-order valence-corrected chi connectivity index (χ3v) is 7.71. The van der Waals surface area contributed by atoms with Crippen LogP contribution in [-0.2, 0) is 16.1 Å². The molecule has 4 rings (SSSR count). The van der Waals surface area contributed by atoms with Crippen molar-refractivity contribution in [3.05, 3.63) is 96.7 Å². The number of aliphatic hydroxyl groups excluding tert-OH is 1. The normalized spacial score (nSPS) is 15.3. The number of hydrogen-bond acceptors (Lipinski definition) is 9. The number of halogens is 2. The van der Waals surface area contributed by atoms with Gasteiger partial charge in [-0.05, 0) is 112 Å². The molecule has 11 nitrogen and oxygen atoms in total. The molecule has 3 aromatic carbocycles. The van der Waals surface area contributed by atoms with Gasteiger partial charge in [0.15, 0.2) is 17.7 Å². The highest BCUT2D eigenvalue weighted by atomic mass is 127. The maximum atomic E-state index is 12.4. The number of hydrogen-bond donors (Lipinski definition) is 4. The van der Waals surface area contributed by atoms with E-state index in [0.29, 0.717) is 41.7 Å². The van der Waals surface area contributed by atoms with E-state index in [0.717, 1.165) is 15.6 Å². The molecule has 0 spiro atoms. The monoisotopic (exact) mass is 778 g/mol. The Morgan fingerprint density at radius 1 is 1.09 bits per heavy atom. The van der Waals surface area contributed by atoms with Crippen molar-refractivity contribution in [2.45, 2.75) is 32.7 Å². The Morgan fingerprint density at radius 2 is 1.84 bits per heavy atom. The van der Waals surface area contributed by atoms with E-state index in [1.165, 1.54) is 10.7 Å². The molecular formula is C31H32BrIN4O7. The number of carbonyl (C=O) groups excluding carboxylic acids is 2. The molecule has 1 aliphatic heterocycles. The van der Waals surface area contributed by atoms with Gasteiger partial charge in [-0.25, -0.2) is 9.59 Å². The summed E-state index contributed by atoms with van der Waals surface area (Å²) < 4.78 is 24.3. The summed E-state index contributed by atoms with van der Waals surface area (Å²) in [6, 6.07) is 17.5. The molecule has 44 heavy (non-hydrogen) atoms. The number of benzene rings is 3. The SMILES string of the molecule is CCOc1cc([C@H]2NC(=O)NC(C)=C2C(=O)OC)ccc1OC[C@H](O)N/N=C\c1ccc(OCc2ccc(I)cc2)c(Br)c1. The molecule has 2 atom stereocenters. The van der Waals surface area contributed by atoms with Gasteiger partial charge in [0.25, 0.3) is 0 Å². The van der Waals surface area contributed by atoms with Gasteiger partial charge >= 0.3 is 12.0 Å². The van der Waals surface area contributed by atoms with Crippen LogP contribution < -0.4 is 30.3 Å². The van der Waals surface area contributed by atoms with Crippen molar-refractivity contribution < 1.29 is 33.6 Å². The van der Waals surface area contributed by atoms with Gasteiger partial charge in [-0.15, -0.1) is 0 Å². The van der Waals surface area contributed by atoms with E-state index >= 15 is 0 Å². The molecule has 0 fully saturated rings. The molecule has 4 N–H and O–H groups in total. The molecule has 0 bridgehead atoms. The molecule has 0 aromatic heterocycles. The van der Waals surface area contributed by atoms with E-state index in [1.54, 1.807) is 31.3 Å². The van der Waals surface area contributed by atoms with Gasteiger partial charge in [-0.1, -0.05) is 18.2 Å². The topological polar surface area (TPSA) is 140 Å². The smallest absolute Gasteiger partial charge is 0.337 e. The molecule has 13 heteroatoms. The van der Waals surface area contributed by atoms with E-state index in [-0.39, 0.29) is 12.2 Å². The van der Waals surface area contributed by atoms with Gasteiger partial charge in [-0.2, -0.15) is 5.10 Å². The molecule has 0 saturated carbocycles. The maximum absolute atomic E-state index is 12.4. The van der Waals surface area contributed by atoms with Crippen LogP contribution in [0, 0.1) is 3.57 Å². The molecule has 3 aromatic rings. The van der Waals surface area contributed by atoms with Crippen LogP contribution in [0.15, 0.2) is 81.5 Å². The molecule has 0 saturated heterocycles. The van der Waals surface area contributed by atoms with Crippen LogP contribution >= 0.6 is 38.5 Å². The summed E-state index contributed by atoms with van der Waals surface area (Å²) in [5, 5.41) is 19.9. The fourth-order valence-corrected chi connectivity index (χ4v) is 5.15. The fraction of sp³-hybridized carbons (Fsp3) is 0.258. The van der Waals surface area contributed by atoms with Gasteiger partial charge < -0.3 is 34.7 Å². The van der Waals surface area contributed by atoms with Crippen LogP contribution in [0.25, 0.3) is 0 Å². The lowest BCUT2D eigenvalue weighted by Gasteiger charge is -2.28. The number of esters is 1. The summed E-state index contributed by atoms with van der Waals surface area (Å²) in [5.41, 5.74) is 5.76. The largest absolute Gasteiger partial charge is 0.490 e. The van der Waals surface area contributed by atoms with Gasteiger partial charge in [0.1, 0.15) is 19.0 Å². The average molecular weight is 779 g/mol. The first-order valence-corrected chi connectivity index (χ1v) is 15.4. The molecule has 0 unspecified atom stereocenters. The summed E-state index contributed by atoms with van der Waals surface area (Å²) in [6.45, 7) is 4.10. The van der Waals surface area contributed by atoms with Crippen LogP contribution in [0.4, 0.5) is 4.79 Å². The summed E-state index contributed by atoms with van der Waals surface area (Å²) in [7, 11) is 1.28. The number of nitrogens with zero attached hydrogens (tertiary/aromatic N) is 1. The van der Waals surface area contributed by atoms with E-state index in [9.17, 15) is 14.7 Å². The Labute approximate surface area is 277 Å². The van der Waals surface area contributed by atoms with Crippen LogP contribution in [0.1, 0.15) is 36.6 Å². The minimum Gasteiger partial charge on any atom is -0.490 e. The third kappa shape index (κ3) is 8.86. The Kier molecular flexibility index (Phi) is 11.9. The van der Waals surface area contributed by atoms with Crippen molar-refractivity contribution in [3.8, 4) is 17.2 Å². The predicted molar refractivity (Wildman–Crippen MR) is 177 cm³/mol. The second kappa shape index (κ2) is 15.8. The molecule has 0 radical (unpaired) electrons. The lowest BCUT2D eigenvalue weighted by molar-refractivity contribution is -0.136. The van der Waals surface area contributed by atoms with Gasteiger partial charge in [0.2, 0.25) is 0 Å². The highest BCUT2D eigenvalue weighted by molar-refractivity contribution is 14.1. The lowest BCUT2D eigenvalue weighted by atomic mass is 9.95. The zero-order valence-corrected chi connectivity index (χ0v) is 28.0. The van der Waals surface area contributed by atoms with Crippen molar-refractivity contribution in [3.63, 3.8) is 0 Å². The first-order valence-electron chi connectivity index (χ1n) is 13.6. The zero-order valence-electron chi connectivity index (χ0n) is 24.2. The minimum absolute atomic E-state index is 0.137. The average Bonchev–Trinajstić information content (AvgIpc) is 3.00. The second-order valence-electron chi connectivity index (χ2n) is 9.52. The van der Waals surface area contributed by atoms with Crippen molar-refractivity contribution in [2.24, 2.45) is 5.10 Å². The highest BCUT2D eigenvalue weighted by Gasteiger charge is 2.32. The Balaban J connectivity index is 1.34. The number of urea groups is 1. The van der Waals surface area contributed by atoms with Crippen molar-refractivity contribution >= 4 is 56.7 Å². The van der Waals surface area contributed by atoms with Crippen molar-refractivity contribution in [1.82, 2.24) is 16.1 Å². The van der Waals surface area contributed by atoms with E-state index in [1.807, 2.05) is 49.4 Å². The highest BCUT2D eigenvalue weighted by Crippen LogP contribution is 2.35. The number of hydrazone groups is 1. The Bertz CT molecular complexity index is 1550. The summed E-state index contributed by atoms with van der Waals surface area (Å²) in [5.74, 6) is 0.881. The second-order valence-corrected chi connectivity index (χ2v) is 11.6. The molecule has 2 amide bonds. The molecule has 232 valence electrons. The number of allylic oxidation sites excluding steroid dienone is 1. The quantitative estimate of drug-likeness (QED) is 0.0615. The van der Waals surface area contributed by atoms with Crippen molar-refractivity contribution in [1.29, 1.82) is 0 Å². The number of aliphatic hydroxyl groups is 1. The first-order chi connectivity index (χ1) is 21.2. The van der Waals surface area contributed by atoms with Crippen LogP contribution in [0.3, 0.4) is 0 Å². The standard InChI is InChI=1S/C31H32BrIN4O7/c1-4-42-26-14-21(29-28(30(39)41-3)18(2)35-31(40)36-29)8-12-25(26)44-17-27(38)37-34-15-20-7-11-24(23(32)13-20)43-16-19-5-9-22(33)10-6-19/h5-15,27,29,37-38H,4,16-17H2,1-3H3,(H2,35,36,40)/b34-15-/t27-,29+/m0/s1. The molecule has 1 heterocycles. The van der Waals surface area contributed by atoms with Gasteiger partial charge in [-0.3, -0.25) is 5.43 Å². The maximum Gasteiger partial charge on any atom is 0.337 e. The predicted octanol–water partition coefficient (Wildman–Crippen LogP) is 5.15. The molecular weight excluding hydrogens is 747 g/mol. The third-order valence-electron chi connectivity index (χ3n) is 6.37. The van der Waals surface area contributed by atoms with E-state index in [4.69, 9.17) is 18.9 Å². The van der Waals surface area contributed by atoms with Crippen LogP contribution in [0.2, 0.25) is 0 Å².